The van der Waals surface area contributed by atoms with Gasteiger partial charge in [-0.2, -0.15) is 0 Å². The highest BCUT2D eigenvalue weighted by Crippen LogP contribution is 2.32. The summed E-state index contributed by atoms with van der Waals surface area (Å²) in [6.07, 6.45) is 0.923. The van der Waals surface area contributed by atoms with E-state index in [1.54, 1.807) is 17.4 Å². The highest BCUT2D eigenvalue weighted by molar-refractivity contribution is 7.09. The van der Waals surface area contributed by atoms with Crippen molar-refractivity contribution >= 4 is 34.5 Å². The van der Waals surface area contributed by atoms with E-state index in [9.17, 15) is 4.39 Å². The first-order valence-electron chi connectivity index (χ1n) is 6.41. The predicted molar refractivity (Wildman–Crippen MR) is 85.5 cm³/mol. The summed E-state index contributed by atoms with van der Waals surface area (Å²) < 4.78 is 13.5. The second-order valence-corrected chi connectivity index (χ2v) is 6.65. The summed E-state index contributed by atoms with van der Waals surface area (Å²) in [4.78, 5) is 1.31. The zero-order valence-electron chi connectivity index (χ0n) is 11.3. The van der Waals surface area contributed by atoms with Gasteiger partial charge in [0.2, 0.25) is 0 Å². The molecule has 0 aliphatic rings. The fourth-order valence-corrected chi connectivity index (χ4v) is 3.77. The van der Waals surface area contributed by atoms with Crippen molar-refractivity contribution in [1.29, 1.82) is 0 Å². The Hall–Kier alpha value is -0.610. The number of halogens is 3. The molecule has 2 rings (SSSR count). The van der Waals surface area contributed by atoms with Gasteiger partial charge >= 0.3 is 0 Å². The third kappa shape index (κ3) is 3.73. The SMILES string of the molecule is CC(Cc1cccs1)NC(C)c1c(Cl)ccc(F)c1Cl. The number of nitrogens with one attached hydrogen (secondary N) is 1. The fourth-order valence-electron chi connectivity index (χ4n) is 2.24. The smallest absolute Gasteiger partial charge is 0.142 e. The van der Waals surface area contributed by atoms with Gasteiger partial charge in [0.15, 0.2) is 0 Å². The quantitative estimate of drug-likeness (QED) is 0.715. The van der Waals surface area contributed by atoms with Crippen LogP contribution in [0.2, 0.25) is 10.0 Å². The highest BCUT2D eigenvalue weighted by atomic mass is 35.5. The molecule has 0 aliphatic carbocycles. The fraction of sp³-hybridized carbons (Fsp3) is 0.333. The average molecular weight is 332 g/mol. The number of thiophene rings is 1. The molecule has 1 nitrogen and oxygen atoms in total. The first kappa shape index (κ1) is 15.8. The van der Waals surface area contributed by atoms with Crippen molar-refractivity contribution in [3.8, 4) is 0 Å². The van der Waals surface area contributed by atoms with E-state index in [0.29, 0.717) is 10.6 Å². The molecule has 20 heavy (non-hydrogen) atoms. The van der Waals surface area contributed by atoms with Crippen LogP contribution in [-0.4, -0.2) is 6.04 Å². The molecular formula is C15H16Cl2FNS. The largest absolute Gasteiger partial charge is 0.307 e. The Kier molecular flexibility index (Phi) is 5.44. The van der Waals surface area contributed by atoms with Gasteiger partial charge in [-0.1, -0.05) is 29.3 Å². The van der Waals surface area contributed by atoms with Gasteiger partial charge in [0.05, 0.1) is 5.02 Å². The molecule has 2 atom stereocenters. The van der Waals surface area contributed by atoms with Gasteiger partial charge in [-0.25, -0.2) is 4.39 Å². The van der Waals surface area contributed by atoms with Crippen LogP contribution >= 0.6 is 34.5 Å². The number of benzene rings is 1. The van der Waals surface area contributed by atoms with Crippen molar-refractivity contribution in [3.63, 3.8) is 0 Å². The molecule has 0 saturated carbocycles. The van der Waals surface area contributed by atoms with Gasteiger partial charge in [-0.15, -0.1) is 11.3 Å². The van der Waals surface area contributed by atoms with Crippen LogP contribution < -0.4 is 5.32 Å². The molecule has 0 bridgehead atoms. The third-order valence-corrected chi connectivity index (χ3v) is 4.75. The highest BCUT2D eigenvalue weighted by Gasteiger charge is 2.18. The van der Waals surface area contributed by atoms with Gasteiger partial charge in [0.25, 0.3) is 0 Å². The monoisotopic (exact) mass is 331 g/mol. The molecule has 5 heteroatoms. The number of hydrogen-bond donors (Lipinski definition) is 1. The second kappa shape index (κ2) is 6.90. The van der Waals surface area contributed by atoms with E-state index >= 15 is 0 Å². The van der Waals surface area contributed by atoms with Crippen molar-refractivity contribution in [3.05, 3.63) is 55.9 Å². The molecule has 1 heterocycles. The Morgan fingerprint density at radius 3 is 2.65 bits per heavy atom. The zero-order chi connectivity index (χ0) is 14.7. The summed E-state index contributed by atoms with van der Waals surface area (Å²) in [5, 5.41) is 6.06. The molecule has 1 aromatic heterocycles. The summed E-state index contributed by atoms with van der Waals surface area (Å²) in [7, 11) is 0. The Morgan fingerprint density at radius 1 is 1.25 bits per heavy atom. The maximum absolute atomic E-state index is 13.5. The van der Waals surface area contributed by atoms with Crippen LogP contribution in [0.15, 0.2) is 29.6 Å². The maximum Gasteiger partial charge on any atom is 0.142 e. The lowest BCUT2D eigenvalue weighted by Gasteiger charge is -2.22. The van der Waals surface area contributed by atoms with Crippen molar-refractivity contribution in [2.24, 2.45) is 0 Å². The van der Waals surface area contributed by atoms with Crippen LogP contribution in [0.3, 0.4) is 0 Å². The lowest BCUT2D eigenvalue weighted by Crippen LogP contribution is -2.30. The molecule has 0 saturated heterocycles. The molecule has 0 amide bonds. The molecule has 2 unspecified atom stereocenters. The standard InChI is InChI=1S/C15H16Cl2FNS/c1-9(8-11-4-3-7-20-11)19-10(2)14-12(16)5-6-13(18)15(14)17/h3-7,9-10,19H,8H2,1-2H3. The van der Waals surface area contributed by atoms with E-state index in [-0.39, 0.29) is 17.1 Å². The summed E-state index contributed by atoms with van der Waals surface area (Å²) in [6, 6.07) is 7.11. The number of hydrogen-bond acceptors (Lipinski definition) is 2. The molecule has 2 aromatic rings. The minimum absolute atomic E-state index is 0.0980. The predicted octanol–water partition coefficient (Wildman–Crippen LogP) is 5.48. The van der Waals surface area contributed by atoms with Gasteiger partial charge in [0.1, 0.15) is 5.82 Å². The molecule has 0 fully saturated rings. The van der Waals surface area contributed by atoms with Crippen molar-refractivity contribution in [2.75, 3.05) is 0 Å². The van der Waals surface area contributed by atoms with Crippen molar-refractivity contribution < 1.29 is 4.39 Å². The molecule has 108 valence electrons. The van der Waals surface area contributed by atoms with Gasteiger partial charge in [-0.3, -0.25) is 0 Å². The minimum Gasteiger partial charge on any atom is -0.307 e. The van der Waals surface area contributed by atoms with Crippen LogP contribution in [0.25, 0.3) is 0 Å². The lowest BCUT2D eigenvalue weighted by atomic mass is 10.1. The first-order valence-corrected chi connectivity index (χ1v) is 8.04. The van der Waals surface area contributed by atoms with Gasteiger partial charge < -0.3 is 5.32 Å². The minimum atomic E-state index is -0.439. The normalized spacial score (nSPS) is 14.2. The van der Waals surface area contributed by atoms with E-state index in [1.807, 2.05) is 13.0 Å². The zero-order valence-corrected chi connectivity index (χ0v) is 13.6. The Bertz CT molecular complexity index is 572. The summed E-state index contributed by atoms with van der Waals surface area (Å²) >= 11 is 13.9. The van der Waals surface area contributed by atoms with Crippen LogP contribution in [0.4, 0.5) is 4.39 Å². The van der Waals surface area contributed by atoms with E-state index in [2.05, 4.69) is 23.7 Å². The maximum atomic E-state index is 13.5. The first-order chi connectivity index (χ1) is 9.49. The van der Waals surface area contributed by atoms with Crippen LogP contribution in [0.5, 0.6) is 0 Å². The van der Waals surface area contributed by atoms with E-state index in [1.165, 1.54) is 10.9 Å². The van der Waals surface area contributed by atoms with Gasteiger partial charge in [-0.05, 0) is 43.8 Å². The van der Waals surface area contributed by atoms with Gasteiger partial charge in [0, 0.05) is 27.5 Å². The number of rotatable bonds is 5. The van der Waals surface area contributed by atoms with E-state index in [4.69, 9.17) is 23.2 Å². The molecular weight excluding hydrogens is 316 g/mol. The Balaban J connectivity index is 2.08. The third-order valence-electron chi connectivity index (χ3n) is 3.13. The van der Waals surface area contributed by atoms with Crippen LogP contribution in [0.1, 0.15) is 30.3 Å². The second-order valence-electron chi connectivity index (χ2n) is 4.83. The van der Waals surface area contributed by atoms with Crippen molar-refractivity contribution in [1.82, 2.24) is 5.32 Å². The van der Waals surface area contributed by atoms with Crippen LogP contribution in [-0.2, 0) is 6.42 Å². The summed E-state index contributed by atoms with van der Waals surface area (Å²) in [5.74, 6) is -0.439. The molecule has 1 aromatic carbocycles. The van der Waals surface area contributed by atoms with E-state index in [0.717, 1.165) is 6.42 Å². The Morgan fingerprint density at radius 2 is 2.00 bits per heavy atom. The summed E-state index contributed by atoms with van der Waals surface area (Å²) in [5.41, 5.74) is 0.617. The molecule has 1 N–H and O–H groups in total. The van der Waals surface area contributed by atoms with Crippen molar-refractivity contribution in [2.45, 2.75) is 32.4 Å². The molecule has 0 radical (unpaired) electrons. The Labute approximate surface area is 132 Å². The van der Waals surface area contributed by atoms with Crippen LogP contribution in [0, 0.1) is 5.82 Å². The molecule has 0 spiro atoms. The van der Waals surface area contributed by atoms with E-state index < -0.39 is 5.82 Å². The molecule has 0 aliphatic heterocycles. The topological polar surface area (TPSA) is 12.0 Å². The lowest BCUT2D eigenvalue weighted by molar-refractivity contribution is 0.477. The average Bonchev–Trinajstić information content (AvgIpc) is 2.87. The summed E-state index contributed by atoms with van der Waals surface area (Å²) in [6.45, 7) is 4.04.